The molecular weight excluding hydrogens is 816 g/mol. The number of thiophene rings is 1. The summed E-state index contributed by atoms with van der Waals surface area (Å²) < 4.78 is 41.5. The van der Waals surface area contributed by atoms with Gasteiger partial charge in [0.05, 0.1) is 4.88 Å². The SMILES string of the molecule is CNC(=O)c1ccc(N(C(=O)[C@@H]2CCCN2C(=O)C(NC(=O)c2cc3cc(C(F)(F)P(=O)(O)O)ccc3s2)C(C)(C)C)c2ccc(I)cc2)cc1. The van der Waals surface area contributed by atoms with Crippen LogP contribution < -0.4 is 15.5 Å². The number of amides is 4. The first-order chi connectivity index (χ1) is 23.8. The molecular formula is C35H36F2IN4O7PS. The van der Waals surface area contributed by atoms with Crippen LogP contribution in [0.2, 0.25) is 0 Å². The number of carbonyl (C=O) groups excluding carboxylic acids is 4. The second kappa shape index (κ2) is 14.7. The van der Waals surface area contributed by atoms with E-state index in [9.17, 15) is 32.5 Å². The average Bonchev–Trinajstić information content (AvgIpc) is 3.74. The molecule has 2 atom stereocenters. The van der Waals surface area contributed by atoms with Crippen LogP contribution >= 0.6 is 41.5 Å². The fraction of sp³-hybridized carbons (Fsp3) is 0.314. The Balaban J connectivity index is 1.42. The van der Waals surface area contributed by atoms with Gasteiger partial charge in [0, 0.05) is 44.4 Å². The number of benzene rings is 3. The smallest absolute Gasteiger partial charge is 0.355 e. The Kier molecular flexibility index (Phi) is 11.1. The van der Waals surface area contributed by atoms with Crippen LogP contribution in [0.15, 0.2) is 72.8 Å². The van der Waals surface area contributed by atoms with E-state index in [-0.39, 0.29) is 28.6 Å². The maximum Gasteiger partial charge on any atom is 0.399 e. The number of likely N-dealkylation sites (tertiary alicyclic amines) is 1. The molecule has 3 aromatic carbocycles. The van der Waals surface area contributed by atoms with Crippen LogP contribution in [0.3, 0.4) is 0 Å². The van der Waals surface area contributed by atoms with Gasteiger partial charge < -0.3 is 25.3 Å². The number of nitrogens with zero attached hydrogens (tertiary/aromatic N) is 2. The third-order valence-corrected chi connectivity index (χ3v) is 11.4. The highest BCUT2D eigenvalue weighted by Crippen LogP contribution is 2.59. The van der Waals surface area contributed by atoms with Crippen molar-refractivity contribution >= 4 is 86.6 Å². The molecule has 2 heterocycles. The van der Waals surface area contributed by atoms with Gasteiger partial charge in [0.2, 0.25) is 5.91 Å². The molecule has 1 aliphatic heterocycles. The summed E-state index contributed by atoms with van der Waals surface area (Å²) in [6.07, 6.45) is 0.922. The Morgan fingerprint density at radius 2 is 1.57 bits per heavy atom. The highest BCUT2D eigenvalue weighted by Gasteiger charge is 2.50. The summed E-state index contributed by atoms with van der Waals surface area (Å²) in [6.45, 7) is 5.59. The van der Waals surface area contributed by atoms with E-state index >= 15 is 0 Å². The molecule has 0 aliphatic carbocycles. The first-order valence-electron chi connectivity index (χ1n) is 15.8. The predicted molar refractivity (Wildman–Crippen MR) is 199 cm³/mol. The molecule has 1 aromatic heterocycles. The molecule has 0 saturated carbocycles. The normalized spacial score (nSPS) is 15.8. The molecule has 0 radical (unpaired) electrons. The molecule has 51 heavy (non-hydrogen) atoms. The third-order valence-electron chi connectivity index (χ3n) is 8.58. The van der Waals surface area contributed by atoms with Crippen LogP contribution in [0.25, 0.3) is 10.1 Å². The molecule has 4 aromatic rings. The highest BCUT2D eigenvalue weighted by molar-refractivity contribution is 14.1. The lowest BCUT2D eigenvalue weighted by Crippen LogP contribution is -2.57. The van der Waals surface area contributed by atoms with Gasteiger partial charge in [-0.1, -0.05) is 26.8 Å². The molecule has 1 fully saturated rings. The lowest BCUT2D eigenvalue weighted by molar-refractivity contribution is -0.140. The molecule has 1 aliphatic rings. The lowest BCUT2D eigenvalue weighted by Gasteiger charge is -2.36. The first-order valence-corrected chi connectivity index (χ1v) is 19.3. The van der Waals surface area contributed by atoms with Crippen LogP contribution in [-0.4, -0.2) is 64.0 Å². The zero-order valence-corrected chi connectivity index (χ0v) is 31.9. The van der Waals surface area contributed by atoms with Gasteiger partial charge in [-0.05, 0) is 113 Å². The fourth-order valence-corrected chi connectivity index (χ4v) is 7.64. The molecule has 4 N–H and O–H groups in total. The van der Waals surface area contributed by atoms with Gasteiger partial charge in [-0.25, -0.2) is 0 Å². The van der Waals surface area contributed by atoms with E-state index in [4.69, 9.17) is 9.79 Å². The van der Waals surface area contributed by atoms with Gasteiger partial charge in [0.1, 0.15) is 12.1 Å². The zero-order chi connectivity index (χ0) is 37.5. The molecule has 5 rings (SSSR count). The molecule has 0 spiro atoms. The summed E-state index contributed by atoms with van der Waals surface area (Å²) in [5.41, 5.74) is -4.63. The summed E-state index contributed by atoms with van der Waals surface area (Å²) in [4.78, 5) is 76.0. The largest absolute Gasteiger partial charge is 0.399 e. The van der Waals surface area contributed by atoms with Gasteiger partial charge >= 0.3 is 13.3 Å². The minimum atomic E-state index is -5.80. The van der Waals surface area contributed by atoms with Crippen molar-refractivity contribution in [2.45, 2.75) is 51.4 Å². The van der Waals surface area contributed by atoms with Crippen LogP contribution in [0.1, 0.15) is 59.2 Å². The van der Waals surface area contributed by atoms with Crippen LogP contribution in [0.4, 0.5) is 20.2 Å². The quantitative estimate of drug-likeness (QED) is 0.109. The van der Waals surface area contributed by atoms with E-state index in [1.807, 2.05) is 12.1 Å². The van der Waals surface area contributed by atoms with Gasteiger partial charge in [-0.2, -0.15) is 8.78 Å². The van der Waals surface area contributed by atoms with Gasteiger partial charge in [-0.3, -0.25) is 28.6 Å². The second-order valence-electron chi connectivity index (χ2n) is 13.2. The number of anilines is 2. The van der Waals surface area contributed by atoms with Crippen molar-refractivity contribution in [1.29, 1.82) is 0 Å². The Morgan fingerprint density at radius 1 is 0.961 bits per heavy atom. The van der Waals surface area contributed by atoms with Crippen molar-refractivity contribution in [3.8, 4) is 0 Å². The molecule has 1 saturated heterocycles. The van der Waals surface area contributed by atoms with Crippen molar-refractivity contribution in [3.05, 3.63) is 92.4 Å². The summed E-state index contributed by atoms with van der Waals surface area (Å²) in [7, 11) is -4.27. The average molecular weight is 853 g/mol. The number of carbonyl (C=O) groups is 4. The topological polar surface area (TPSA) is 156 Å². The molecule has 0 bridgehead atoms. The highest BCUT2D eigenvalue weighted by atomic mass is 127. The van der Waals surface area contributed by atoms with E-state index in [0.717, 1.165) is 27.0 Å². The third kappa shape index (κ3) is 8.02. The van der Waals surface area contributed by atoms with Crippen molar-refractivity contribution in [1.82, 2.24) is 15.5 Å². The number of nitrogens with one attached hydrogen (secondary N) is 2. The Labute approximate surface area is 310 Å². The Bertz CT molecular complexity index is 2030. The summed E-state index contributed by atoms with van der Waals surface area (Å²) in [5, 5.41) is 5.56. The number of rotatable bonds is 9. The molecule has 4 amide bonds. The molecule has 270 valence electrons. The van der Waals surface area contributed by atoms with Crippen LogP contribution in [-0.2, 0) is 19.8 Å². The fourth-order valence-electron chi connectivity index (χ4n) is 5.86. The standard InChI is InChI=1S/C35H36F2IN4O7PS/c1-34(2,3)29(40-31(44)28-19-21-18-22(9-16-27(21)51-28)35(36,37)50(47,48)49)33(46)41-17-5-6-26(41)32(45)42(25-14-10-23(38)11-15-25)24-12-7-20(8-13-24)30(43)39-4/h7-16,18-19,26,29H,5-6,17H2,1-4H3,(H,39,43)(H,40,44)(H2,47,48,49)/t26-,29?/m0/s1. The number of halogens is 3. The van der Waals surface area contributed by atoms with Gasteiger partial charge in [-0.15, -0.1) is 11.3 Å². The minimum Gasteiger partial charge on any atom is -0.355 e. The Hall–Kier alpha value is -3.76. The monoisotopic (exact) mass is 852 g/mol. The van der Waals surface area contributed by atoms with Crippen molar-refractivity contribution in [2.75, 3.05) is 18.5 Å². The number of fused-ring (bicyclic) bond motifs is 1. The predicted octanol–water partition coefficient (Wildman–Crippen LogP) is 6.59. The second-order valence-corrected chi connectivity index (χ2v) is 17.2. The van der Waals surface area contributed by atoms with E-state index in [1.54, 1.807) is 57.2 Å². The number of alkyl halides is 2. The summed E-state index contributed by atoms with van der Waals surface area (Å²) >= 11 is 3.14. The minimum absolute atomic E-state index is 0.0998. The van der Waals surface area contributed by atoms with Gasteiger partial charge in [0.25, 0.3) is 17.7 Å². The Morgan fingerprint density at radius 3 is 2.14 bits per heavy atom. The number of hydrogen-bond donors (Lipinski definition) is 4. The van der Waals surface area contributed by atoms with Gasteiger partial charge in [0.15, 0.2) is 0 Å². The molecule has 16 heteroatoms. The zero-order valence-electron chi connectivity index (χ0n) is 28.0. The van der Waals surface area contributed by atoms with E-state index in [0.29, 0.717) is 34.5 Å². The number of hydrogen-bond acceptors (Lipinski definition) is 6. The maximum absolute atomic E-state index is 14.5. The molecule has 11 nitrogen and oxygen atoms in total. The van der Waals surface area contributed by atoms with Crippen molar-refractivity contribution < 1.29 is 42.3 Å². The molecule has 1 unspecified atom stereocenters. The van der Waals surface area contributed by atoms with Crippen LogP contribution in [0.5, 0.6) is 0 Å². The first kappa shape index (κ1) is 38.5. The van der Waals surface area contributed by atoms with Crippen molar-refractivity contribution in [3.63, 3.8) is 0 Å². The summed E-state index contributed by atoms with van der Waals surface area (Å²) in [6, 6.07) is 16.3. The van der Waals surface area contributed by atoms with E-state index in [1.165, 1.54) is 29.0 Å². The van der Waals surface area contributed by atoms with E-state index in [2.05, 4.69) is 33.2 Å². The summed E-state index contributed by atoms with van der Waals surface area (Å²) in [5.74, 6) is -1.75. The van der Waals surface area contributed by atoms with E-state index < -0.39 is 48.1 Å². The maximum atomic E-state index is 14.5. The van der Waals surface area contributed by atoms with Crippen LogP contribution in [0, 0.1) is 8.99 Å². The van der Waals surface area contributed by atoms with Crippen molar-refractivity contribution in [2.24, 2.45) is 5.41 Å². The lowest BCUT2D eigenvalue weighted by atomic mass is 9.85.